The molecule has 0 spiro atoms. The van der Waals surface area contributed by atoms with E-state index in [2.05, 4.69) is 36.2 Å². The Labute approximate surface area is 103 Å². The van der Waals surface area contributed by atoms with Gasteiger partial charge in [-0.15, -0.1) is 0 Å². The molecule has 0 saturated heterocycles. The number of hydrogen-bond donors (Lipinski definition) is 1. The molecule has 4 heteroatoms. The molecule has 0 radical (unpaired) electrons. The third-order valence-corrected chi connectivity index (χ3v) is 3.14. The summed E-state index contributed by atoms with van der Waals surface area (Å²) in [5.41, 5.74) is -0.0345. The molecule has 17 heavy (non-hydrogen) atoms. The standard InChI is InChI=1S/C13H23N3O/c1-13(2,3)15-12-14-11(16-17-12)10-8-6-4-5-7-9-10/h10H,4-9H2,1-3H3,(H,14,15,16). The van der Waals surface area contributed by atoms with Crippen molar-refractivity contribution in [3.63, 3.8) is 0 Å². The number of hydrogen-bond acceptors (Lipinski definition) is 4. The molecule has 0 amide bonds. The van der Waals surface area contributed by atoms with E-state index in [1.807, 2.05) is 0 Å². The van der Waals surface area contributed by atoms with E-state index < -0.39 is 0 Å². The highest BCUT2D eigenvalue weighted by Gasteiger charge is 2.21. The van der Waals surface area contributed by atoms with Gasteiger partial charge in [-0.25, -0.2) is 0 Å². The first-order valence-electron chi connectivity index (χ1n) is 6.66. The molecule has 0 atom stereocenters. The van der Waals surface area contributed by atoms with E-state index in [0.717, 1.165) is 5.82 Å². The zero-order chi connectivity index (χ0) is 12.3. The quantitative estimate of drug-likeness (QED) is 0.796. The van der Waals surface area contributed by atoms with Crippen LogP contribution in [0.4, 0.5) is 6.01 Å². The minimum Gasteiger partial charge on any atom is -0.333 e. The van der Waals surface area contributed by atoms with Crippen molar-refractivity contribution in [2.45, 2.75) is 70.8 Å². The molecule has 96 valence electrons. The van der Waals surface area contributed by atoms with Crippen molar-refractivity contribution < 1.29 is 4.52 Å². The van der Waals surface area contributed by atoms with Crippen molar-refractivity contribution in [1.29, 1.82) is 0 Å². The molecule has 0 unspecified atom stereocenters. The van der Waals surface area contributed by atoms with Crippen molar-refractivity contribution in [2.24, 2.45) is 0 Å². The Hall–Kier alpha value is -1.06. The highest BCUT2D eigenvalue weighted by atomic mass is 16.5. The molecule has 2 rings (SSSR count). The number of aromatic nitrogens is 2. The summed E-state index contributed by atoms with van der Waals surface area (Å²) in [5, 5.41) is 7.33. The fourth-order valence-electron chi connectivity index (χ4n) is 2.31. The van der Waals surface area contributed by atoms with Gasteiger partial charge in [0.15, 0.2) is 5.82 Å². The SMILES string of the molecule is CC(C)(C)Nc1nc(C2CCCCCC2)no1. The van der Waals surface area contributed by atoms with Crippen molar-refractivity contribution in [3.8, 4) is 0 Å². The van der Waals surface area contributed by atoms with Gasteiger partial charge in [0, 0.05) is 11.5 Å². The van der Waals surface area contributed by atoms with Crippen LogP contribution in [0.2, 0.25) is 0 Å². The summed E-state index contributed by atoms with van der Waals surface area (Å²) in [4.78, 5) is 4.47. The van der Waals surface area contributed by atoms with Gasteiger partial charge in [-0.1, -0.05) is 30.8 Å². The highest BCUT2D eigenvalue weighted by Crippen LogP contribution is 2.30. The first-order valence-corrected chi connectivity index (χ1v) is 6.66. The molecule has 0 aliphatic heterocycles. The van der Waals surface area contributed by atoms with Gasteiger partial charge in [0.1, 0.15) is 0 Å². The summed E-state index contributed by atoms with van der Waals surface area (Å²) in [7, 11) is 0. The fraction of sp³-hybridized carbons (Fsp3) is 0.846. The summed E-state index contributed by atoms with van der Waals surface area (Å²) in [5.74, 6) is 1.38. The maximum Gasteiger partial charge on any atom is 0.321 e. The zero-order valence-corrected chi connectivity index (χ0v) is 11.1. The number of nitrogens with one attached hydrogen (secondary N) is 1. The van der Waals surface area contributed by atoms with Crippen LogP contribution < -0.4 is 5.32 Å². The van der Waals surface area contributed by atoms with Crippen molar-refractivity contribution in [3.05, 3.63) is 5.82 Å². The second kappa shape index (κ2) is 5.07. The monoisotopic (exact) mass is 237 g/mol. The van der Waals surface area contributed by atoms with E-state index in [1.54, 1.807) is 0 Å². The molecule has 1 saturated carbocycles. The molecule has 1 heterocycles. The van der Waals surface area contributed by atoms with Gasteiger partial charge < -0.3 is 9.84 Å². The summed E-state index contributed by atoms with van der Waals surface area (Å²) >= 11 is 0. The lowest BCUT2D eigenvalue weighted by atomic mass is 10.00. The second-order valence-corrected chi connectivity index (χ2v) is 6.02. The average Bonchev–Trinajstić information content (AvgIpc) is 2.52. The third-order valence-electron chi connectivity index (χ3n) is 3.14. The van der Waals surface area contributed by atoms with E-state index in [0.29, 0.717) is 11.9 Å². The Morgan fingerprint density at radius 1 is 1.12 bits per heavy atom. The number of anilines is 1. The van der Waals surface area contributed by atoms with Crippen molar-refractivity contribution >= 4 is 6.01 Å². The molecule has 0 bridgehead atoms. The van der Waals surface area contributed by atoms with E-state index >= 15 is 0 Å². The van der Waals surface area contributed by atoms with Gasteiger partial charge in [0.25, 0.3) is 0 Å². The van der Waals surface area contributed by atoms with Gasteiger partial charge in [-0.05, 0) is 33.6 Å². The molecule has 1 N–H and O–H groups in total. The minimum atomic E-state index is -0.0345. The Morgan fingerprint density at radius 2 is 1.76 bits per heavy atom. The lowest BCUT2D eigenvalue weighted by Crippen LogP contribution is -2.26. The third kappa shape index (κ3) is 3.72. The van der Waals surface area contributed by atoms with E-state index in [9.17, 15) is 0 Å². The first kappa shape index (κ1) is 12.4. The molecule has 1 aromatic heterocycles. The molecule has 1 aliphatic carbocycles. The van der Waals surface area contributed by atoms with Gasteiger partial charge in [-0.2, -0.15) is 4.98 Å². The Morgan fingerprint density at radius 3 is 2.35 bits per heavy atom. The van der Waals surface area contributed by atoms with Gasteiger partial charge >= 0.3 is 6.01 Å². The molecular formula is C13H23N3O. The van der Waals surface area contributed by atoms with Gasteiger partial charge in [0.05, 0.1) is 0 Å². The van der Waals surface area contributed by atoms with Gasteiger partial charge in [-0.3, -0.25) is 0 Å². The normalized spacial score (nSPS) is 19.0. The predicted octanol–water partition coefficient (Wildman–Crippen LogP) is 3.72. The Balaban J connectivity index is 2.01. The van der Waals surface area contributed by atoms with E-state index in [4.69, 9.17) is 4.52 Å². The molecule has 1 aliphatic rings. The average molecular weight is 237 g/mol. The van der Waals surface area contributed by atoms with Crippen LogP contribution in [0.5, 0.6) is 0 Å². The van der Waals surface area contributed by atoms with Crippen molar-refractivity contribution in [2.75, 3.05) is 5.32 Å². The second-order valence-electron chi connectivity index (χ2n) is 6.02. The topological polar surface area (TPSA) is 51.0 Å². The minimum absolute atomic E-state index is 0.0345. The Bertz CT molecular complexity index is 346. The molecule has 1 fully saturated rings. The lowest BCUT2D eigenvalue weighted by Gasteiger charge is -2.17. The maximum absolute atomic E-state index is 5.26. The largest absolute Gasteiger partial charge is 0.333 e. The highest BCUT2D eigenvalue weighted by molar-refractivity contribution is 5.23. The molecule has 0 aromatic carbocycles. The van der Waals surface area contributed by atoms with Crippen LogP contribution in [0.3, 0.4) is 0 Å². The summed E-state index contributed by atoms with van der Waals surface area (Å²) in [6.07, 6.45) is 7.69. The van der Waals surface area contributed by atoms with E-state index in [1.165, 1.54) is 38.5 Å². The van der Waals surface area contributed by atoms with Crippen LogP contribution in [-0.4, -0.2) is 15.7 Å². The predicted molar refractivity (Wildman–Crippen MR) is 68.1 cm³/mol. The molecule has 1 aromatic rings. The lowest BCUT2D eigenvalue weighted by molar-refractivity contribution is 0.402. The fourth-order valence-corrected chi connectivity index (χ4v) is 2.31. The van der Waals surface area contributed by atoms with Crippen molar-refractivity contribution in [1.82, 2.24) is 10.1 Å². The van der Waals surface area contributed by atoms with Crippen LogP contribution >= 0.6 is 0 Å². The van der Waals surface area contributed by atoms with Crippen LogP contribution in [-0.2, 0) is 0 Å². The zero-order valence-electron chi connectivity index (χ0n) is 11.1. The number of nitrogens with zero attached hydrogens (tertiary/aromatic N) is 2. The molecular weight excluding hydrogens is 214 g/mol. The van der Waals surface area contributed by atoms with Crippen LogP contribution in [0.1, 0.15) is 71.0 Å². The summed E-state index contributed by atoms with van der Waals surface area (Å²) < 4.78 is 5.26. The van der Waals surface area contributed by atoms with E-state index in [-0.39, 0.29) is 5.54 Å². The summed E-state index contributed by atoms with van der Waals surface area (Å²) in [6.45, 7) is 6.26. The maximum atomic E-state index is 5.26. The van der Waals surface area contributed by atoms with Crippen LogP contribution in [0, 0.1) is 0 Å². The number of rotatable bonds is 2. The molecule has 4 nitrogen and oxygen atoms in total. The summed E-state index contributed by atoms with van der Waals surface area (Å²) in [6, 6.07) is 0.553. The van der Waals surface area contributed by atoms with Crippen LogP contribution in [0.25, 0.3) is 0 Å². The van der Waals surface area contributed by atoms with Gasteiger partial charge in [0.2, 0.25) is 0 Å². The first-order chi connectivity index (χ1) is 8.04. The van der Waals surface area contributed by atoms with Crippen LogP contribution in [0.15, 0.2) is 4.52 Å². The smallest absolute Gasteiger partial charge is 0.321 e. The Kier molecular flexibility index (Phi) is 3.69.